The monoisotopic (exact) mass is 283 g/mol. The Balaban J connectivity index is 1.96. The number of nitrogens with one attached hydrogen (secondary N) is 1. The summed E-state index contributed by atoms with van der Waals surface area (Å²) in [5.74, 6) is 1.90. The van der Waals surface area contributed by atoms with Gasteiger partial charge in [0.25, 0.3) is 0 Å². The predicted octanol–water partition coefficient (Wildman–Crippen LogP) is 1.72. The van der Waals surface area contributed by atoms with Crippen molar-refractivity contribution in [3.05, 3.63) is 11.7 Å². The lowest BCUT2D eigenvalue weighted by molar-refractivity contribution is 0.0384. The van der Waals surface area contributed by atoms with E-state index in [1.807, 2.05) is 6.92 Å². The summed E-state index contributed by atoms with van der Waals surface area (Å²) in [6.07, 6.45) is 3.06. The first kappa shape index (κ1) is 15.4. The number of methoxy groups -OCH3 is 1. The van der Waals surface area contributed by atoms with Gasteiger partial charge in [-0.15, -0.1) is 0 Å². The lowest BCUT2D eigenvalue weighted by Crippen LogP contribution is -2.35. The Hall–Kier alpha value is -0.980. The number of rotatable bonds is 10. The quantitative estimate of drug-likeness (QED) is 0.705. The van der Waals surface area contributed by atoms with E-state index < -0.39 is 0 Å². The summed E-state index contributed by atoms with van der Waals surface area (Å²) in [5.41, 5.74) is 0. The summed E-state index contributed by atoms with van der Waals surface area (Å²) >= 11 is 0. The molecule has 114 valence electrons. The average molecular weight is 283 g/mol. The molecule has 6 heteroatoms. The number of nitrogens with zero attached hydrogens (tertiary/aromatic N) is 2. The van der Waals surface area contributed by atoms with Gasteiger partial charge in [-0.3, -0.25) is 0 Å². The predicted molar refractivity (Wildman–Crippen MR) is 74.4 cm³/mol. The highest BCUT2D eigenvalue weighted by Gasteiger charge is 2.36. The van der Waals surface area contributed by atoms with E-state index in [1.54, 1.807) is 7.11 Å². The first-order valence-electron chi connectivity index (χ1n) is 7.44. The molecule has 6 nitrogen and oxygen atoms in total. The molecule has 0 saturated heterocycles. The van der Waals surface area contributed by atoms with Crippen LogP contribution in [-0.2, 0) is 15.9 Å². The van der Waals surface area contributed by atoms with E-state index in [0.717, 1.165) is 6.54 Å². The van der Waals surface area contributed by atoms with Gasteiger partial charge >= 0.3 is 0 Å². The van der Waals surface area contributed by atoms with Crippen LogP contribution < -0.4 is 5.32 Å². The zero-order valence-electron chi connectivity index (χ0n) is 12.6. The third kappa shape index (κ3) is 4.26. The molecule has 0 bridgehead atoms. The van der Waals surface area contributed by atoms with Crippen molar-refractivity contribution in [1.82, 2.24) is 15.5 Å². The fraction of sp³-hybridized carbons (Fsp3) is 0.857. The van der Waals surface area contributed by atoms with Crippen molar-refractivity contribution >= 4 is 0 Å². The van der Waals surface area contributed by atoms with Crippen molar-refractivity contribution in [3.8, 4) is 0 Å². The van der Waals surface area contributed by atoms with E-state index in [9.17, 15) is 0 Å². The first-order chi connectivity index (χ1) is 9.78. The van der Waals surface area contributed by atoms with Gasteiger partial charge in [0.05, 0.1) is 6.61 Å². The first-order valence-corrected chi connectivity index (χ1v) is 7.44. The third-order valence-electron chi connectivity index (χ3n) is 3.42. The summed E-state index contributed by atoms with van der Waals surface area (Å²) in [6.45, 7) is 6.26. The van der Waals surface area contributed by atoms with Gasteiger partial charge in [0.2, 0.25) is 11.7 Å². The van der Waals surface area contributed by atoms with Gasteiger partial charge in [-0.25, -0.2) is 0 Å². The molecule has 1 heterocycles. The molecule has 0 spiro atoms. The molecular formula is C14H25N3O3. The topological polar surface area (TPSA) is 69.4 Å². The third-order valence-corrected chi connectivity index (χ3v) is 3.42. The van der Waals surface area contributed by atoms with Crippen LogP contribution in [0.1, 0.15) is 44.5 Å². The van der Waals surface area contributed by atoms with Gasteiger partial charge in [-0.1, -0.05) is 12.1 Å². The minimum absolute atomic E-state index is 0.00231. The van der Waals surface area contributed by atoms with Gasteiger partial charge in [0.1, 0.15) is 6.10 Å². The van der Waals surface area contributed by atoms with Gasteiger partial charge in [-0.2, -0.15) is 4.98 Å². The molecule has 1 fully saturated rings. The molecule has 0 aromatic carbocycles. The summed E-state index contributed by atoms with van der Waals surface area (Å²) < 4.78 is 16.3. The molecule has 1 saturated carbocycles. The number of hydrogen-bond acceptors (Lipinski definition) is 6. The van der Waals surface area contributed by atoms with Crippen molar-refractivity contribution in [3.63, 3.8) is 0 Å². The molecule has 1 aliphatic rings. The smallest absolute Gasteiger partial charge is 0.228 e. The van der Waals surface area contributed by atoms with Crippen LogP contribution in [0.25, 0.3) is 0 Å². The largest absolute Gasteiger partial charge is 0.383 e. The van der Waals surface area contributed by atoms with Crippen molar-refractivity contribution in [1.29, 1.82) is 0 Å². The summed E-state index contributed by atoms with van der Waals surface area (Å²) in [6, 6.07) is 0.199. The Bertz CT molecular complexity index is 387. The Kier molecular flexibility index (Phi) is 5.94. The van der Waals surface area contributed by atoms with Gasteiger partial charge in [0, 0.05) is 26.2 Å². The lowest BCUT2D eigenvalue weighted by atomic mass is 10.2. The van der Waals surface area contributed by atoms with Crippen molar-refractivity contribution in [2.45, 2.75) is 45.3 Å². The van der Waals surface area contributed by atoms with Gasteiger partial charge in [0.15, 0.2) is 0 Å². The van der Waals surface area contributed by atoms with E-state index in [4.69, 9.17) is 14.0 Å². The maximum Gasteiger partial charge on any atom is 0.228 e. The molecule has 20 heavy (non-hydrogen) atoms. The molecule has 1 aromatic rings. The zero-order valence-corrected chi connectivity index (χ0v) is 12.6. The molecule has 0 amide bonds. The van der Waals surface area contributed by atoms with Crippen molar-refractivity contribution in [2.24, 2.45) is 5.92 Å². The van der Waals surface area contributed by atoms with E-state index in [1.165, 1.54) is 12.8 Å². The molecule has 2 atom stereocenters. The highest BCUT2D eigenvalue weighted by molar-refractivity contribution is 4.99. The maximum atomic E-state index is 5.74. The maximum absolute atomic E-state index is 5.74. The molecule has 0 radical (unpaired) electrons. The Morgan fingerprint density at radius 3 is 2.80 bits per heavy atom. The average Bonchev–Trinajstić information content (AvgIpc) is 3.17. The summed E-state index contributed by atoms with van der Waals surface area (Å²) in [4.78, 5) is 4.50. The normalized spacial score (nSPS) is 18.1. The van der Waals surface area contributed by atoms with Crippen LogP contribution in [0, 0.1) is 5.92 Å². The summed E-state index contributed by atoms with van der Waals surface area (Å²) in [5, 5.41) is 7.44. The summed E-state index contributed by atoms with van der Waals surface area (Å²) in [7, 11) is 1.70. The van der Waals surface area contributed by atoms with E-state index in [-0.39, 0.29) is 12.1 Å². The Morgan fingerprint density at radius 1 is 1.40 bits per heavy atom. The second kappa shape index (κ2) is 7.71. The standard InChI is InChI=1S/C14H25N3O3/c1-4-15-11(9-18-3)8-12-16-14(17-20-12)13(19-5-2)10-6-7-10/h10-11,13,15H,4-9H2,1-3H3. The molecule has 2 rings (SSSR count). The molecule has 1 aromatic heterocycles. The van der Waals surface area contributed by atoms with Crippen LogP contribution in [0.2, 0.25) is 0 Å². The Labute approximate surface area is 120 Å². The van der Waals surface area contributed by atoms with Crippen LogP contribution in [-0.4, -0.2) is 43.1 Å². The Morgan fingerprint density at radius 2 is 2.20 bits per heavy atom. The van der Waals surface area contributed by atoms with Crippen LogP contribution in [0.4, 0.5) is 0 Å². The fourth-order valence-electron chi connectivity index (χ4n) is 2.36. The van der Waals surface area contributed by atoms with Crippen LogP contribution in [0.3, 0.4) is 0 Å². The fourth-order valence-corrected chi connectivity index (χ4v) is 2.36. The van der Waals surface area contributed by atoms with Crippen LogP contribution >= 0.6 is 0 Å². The molecular weight excluding hydrogens is 258 g/mol. The molecule has 1 aliphatic carbocycles. The second-order valence-electron chi connectivity index (χ2n) is 5.17. The number of aromatic nitrogens is 2. The zero-order chi connectivity index (χ0) is 14.4. The highest BCUT2D eigenvalue weighted by Crippen LogP contribution is 2.42. The second-order valence-corrected chi connectivity index (χ2v) is 5.17. The molecule has 1 N–H and O–H groups in total. The lowest BCUT2D eigenvalue weighted by Gasteiger charge is -2.14. The van der Waals surface area contributed by atoms with Crippen LogP contribution in [0.5, 0.6) is 0 Å². The minimum atomic E-state index is -0.00231. The minimum Gasteiger partial charge on any atom is -0.383 e. The van der Waals surface area contributed by atoms with Crippen molar-refractivity contribution in [2.75, 3.05) is 26.9 Å². The van der Waals surface area contributed by atoms with Crippen molar-refractivity contribution < 1.29 is 14.0 Å². The van der Waals surface area contributed by atoms with Crippen LogP contribution in [0.15, 0.2) is 4.52 Å². The molecule has 0 aliphatic heterocycles. The van der Waals surface area contributed by atoms with Gasteiger partial charge < -0.3 is 19.3 Å². The SMILES string of the molecule is CCNC(COC)Cc1nc(C(OCC)C2CC2)no1. The number of likely N-dealkylation sites (N-methyl/N-ethyl adjacent to an activating group) is 1. The van der Waals surface area contributed by atoms with Gasteiger partial charge in [-0.05, 0) is 32.2 Å². The van der Waals surface area contributed by atoms with E-state index in [0.29, 0.717) is 37.3 Å². The van der Waals surface area contributed by atoms with E-state index >= 15 is 0 Å². The highest BCUT2D eigenvalue weighted by atomic mass is 16.5. The number of ether oxygens (including phenoxy) is 2. The van der Waals surface area contributed by atoms with E-state index in [2.05, 4.69) is 22.4 Å². The number of hydrogen-bond donors (Lipinski definition) is 1. The molecule has 2 unspecified atom stereocenters.